The molecular weight excluding hydrogens is 480 g/mol. The maximum Gasteiger partial charge on any atom is 0.250 e. The predicted molar refractivity (Wildman–Crippen MR) is 145 cm³/mol. The summed E-state index contributed by atoms with van der Waals surface area (Å²) in [6.45, 7) is 3.64. The average molecular weight is 511 g/mol. The van der Waals surface area contributed by atoms with Crippen LogP contribution >= 0.6 is 0 Å². The Bertz CT molecular complexity index is 1420. The van der Waals surface area contributed by atoms with E-state index in [-0.39, 0.29) is 23.5 Å². The molecule has 38 heavy (non-hydrogen) atoms. The van der Waals surface area contributed by atoms with Gasteiger partial charge in [-0.25, -0.2) is 0 Å². The smallest absolute Gasteiger partial charge is 0.250 e. The molecule has 0 aromatic heterocycles. The van der Waals surface area contributed by atoms with Crippen molar-refractivity contribution in [1.82, 2.24) is 10.6 Å². The zero-order valence-electron chi connectivity index (χ0n) is 21.5. The van der Waals surface area contributed by atoms with Gasteiger partial charge in [0.1, 0.15) is 12.1 Å². The highest BCUT2D eigenvalue weighted by molar-refractivity contribution is 6.16. The lowest BCUT2D eigenvalue weighted by Crippen LogP contribution is -2.59. The Balaban J connectivity index is 1.45. The molecule has 3 aromatic rings. The Kier molecular flexibility index (Phi) is 6.82. The van der Waals surface area contributed by atoms with Crippen LogP contribution in [0.1, 0.15) is 46.8 Å². The van der Waals surface area contributed by atoms with Crippen molar-refractivity contribution in [2.45, 2.75) is 44.3 Å². The van der Waals surface area contributed by atoms with Crippen molar-refractivity contribution in [3.05, 3.63) is 95.1 Å². The lowest BCUT2D eigenvalue weighted by atomic mass is 9.86. The molecular formula is C30H30N4O4. The van der Waals surface area contributed by atoms with E-state index in [9.17, 15) is 19.2 Å². The van der Waals surface area contributed by atoms with Gasteiger partial charge in [0.05, 0.1) is 17.4 Å². The third kappa shape index (κ3) is 4.37. The molecule has 0 bridgehead atoms. The van der Waals surface area contributed by atoms with Crippen LogP contribution < -0.4 is 20.9 Å². The van der Waals surface area contributed by atoms with Gasteiger partial charge in [0.2, 0.25) is 11.8 Å². The summed E-state index contributed by atoms with van der Waals surface area (Å²) >= 11 is 0. The highest BCUT2D eigenvalue weighted by Crippen LogP contribution is 2.44. The van der Waals surface area contributed by atoms with Gasteiger partial charge in [-0.15, -0.1) is 0 Å². The lowest BCUT2D eigenvalue weighted by Gasteiger charge is -2.38. The van der Waals surface area contributed by atoms with Gasteiger partial charge in [0, 0.05) is 23.5 Å². The molecule has 0 saturated heterocycles. The van der Waals surface area contributed by atoms with Gasteiger partial charge in [-0.2, -0.15) is 0 Å². The largest absolute Gasteiger partial charge is 0.342 e. The number of hydrogen-bond donors (Lipinski definition) is 3. The number of nitrogens with one attached hydrogen (secondary N) is 3. The number of amides is 3. The maximum atomic E-state index is 13.8. The fourth-order valence-corrected chi connectivity index (χ4v) is 5.26. The predicted octanol–water partition coefficient (Wildman–Crippen LogP) is 3.02. The number of benzene rings is 3. The second kappa shape index (κ2) is 10.2. The quantitative estimate of drug-likeness (QED) is 0.424. The van der Waals surface area contributed by atoms with Crippen molar-refractivity contribution in [3.63, 3.8) is 0 Å². The average Bonchev–Trinajstić information content (AvgIpc) is 3.34. The van der Waals surface area contributed by atoms with Crippen LogP contribution in [0.3, 0.4) is 0 Å². The van der Waals surface area contributed by atoms with Crippen molar-refractivity contribution in [1.29, 1.82) is 0 Å². The lowest BCUT2D eigenvalue weighted by molar-refractivity contribution is -0.130. The molecule has 3 N–H and O–H groups in total. The summed E-state index contributed by atoms with van der Waals surface area (Å²) in [5.74, 6) is -1.46. The summed E-state index contributed by atoms with van der Waals surface area (Å²) in [5, 5.41) is 8.68. The number of para-hydroxylation sites is 2. The van der Waals surface area contributed by atoms with E-state index >= 15 is 0 Å². The Morgan fingerprint density at radius 3 is 2.39 bits per heavy atom. The second-order valence-electron chi connectivity index (χ2n) is 9.80. The molecule has 0 saturated carbocycles. The third-order valence-electron chi connectivity index (χ3n) is 7.50. The molecule has 0 aliphatic carbocycles. The number of ketones is 1. The second-order valence-corrected chi connectivity index (χ2v) is 9.80. The summed E-state index contributed by atoms with van der Waals surface area (Å²) in [4.78, 5) is 54.9. The normalized spacial score (nSPS) is 20.4. The Labute approximate surface area is 221 Å². The van der Waals surface area contributed by atoms with Gasteiger partial charge in [-0.3, -0.25) is 24.1 Å². The van der Waals surface area contributed by atoms with Crippen molar-refractivity contribution >= 4 is 34.9 Å². The van der Waals surface area contributed by atoms with E-state index in [1.165, 1.54) is 4.90 Å². The summed E-state index contributed by atoms with van der Waals surface area (Å²) in [7, 11) is 1.68. The standard InChI is InChI=1S/C30H30N4O4/c1-17-21-14-9-12-20-16-24(34(26(20)21)30(38)25(17)33-28(36)18(2)31-3)29(37)32-23-15-8-7-13-22(23)27(35)19-10-5-4-6-11-19/h4-15,17-18,24-25,31H,16H2,1-3H3,(H,32,37)(H,33,36). The molecule has 2 aliphatic heterocycles. The fourth-order valence-electron chi connectivity index (χ4n) is 5.26. The minimum Gasteiger partial charge on any atom is -0.342 e. The van der Waals surface area contributed by atoms with Gasteiger partial charge in [0.15, 0.2) is 5.78 Å². The zero-order valence-corrected chi connectivity index (χ0v) is 21.5. The van der Waals surface area contributed by atoms with Gasteiger partial charge < -0.3 is 16.0 Å². The Morgan fingerprint density at radius 1 is 0.947 bits per heavy atom. The number of rotatable bonds is 7. The Morgan fingerprint density at radius 2 is 1.66 bits per heavy atom. The minimum atomic E-state index is -0.813. The van der Waals surface area contributed by atoms with Crippen LogP contribution in [0.15, 0.2) is 72.8 Å². The highest BCUT2D eigenvalue weighted by atomic mass is 16.2. The van der Waals surface area contributed by atoms with Crippen LogP contribution in [0, 0.1) is 0 Å². The van der Waals surface area contributed by atoms with E-state index < -0.39 is 24.0 Å². The summed E-state index contributed by atoms with van der Waals surface area (Å²) in [6.07, 6.45) is 0.343. The third-order valence-corrected chi connectivity index (χ3v) is 7.50. The molecule has 194 valence electrons. The summed E-state index contributed by atoms with van der Waals surface area (Å²) in [6, 6.07) is 19.4. The molecule has 4 atom stereocenters. The number of anilines is 2. The molecule has 0 fully saturated rings. The maximum absolute atomic E-state index is 13.8. The molecule has 3 amide bonds. The van der Waals surface area contributed by atoms with E-state index in [0.29, 0.717) is 23.2 Å². The van der Waals surface area contributed by atoms with Crippen LogP contribution in [-0.4, -0.2) is 48.7 Å². The van der Waals surface area contributed by atoms with Crippen LogP contribution in [0.5, 0.6) is 0 Å². The topological polar surface area (TPSA) is 108 Å². The molecule has 5 rings (SSSR count). The monoisotopic (exact) mass is 510 g/mol. The molecule has 2 heterocycles. The number of likely N-dealkylation sites (N-methyl/N-ethyl adjacent to an activating group) is 1. The van der Waals surface area contributed by atoms with E-state index in [0.717, 1.165) is 16.8 Å². The first-order chi connectivity index (χ1) is 18.3. The van der Waals surface area contributed by atoms with Crippen molar-refractivity contribution in [2.75, 3.05) is 17.3 Å². The first kappa shape index (κ1) is 25.4. The molecule has 4 unspecified atom stereocenters. The first-order valence-corrected chi connectivity index (χ1v) is 12.7. The van der Waals surface area contributed by atoms with Gasteiger partial charge in [0.25, 0.3) is 5.91 Å². The summed E-state index contributed by atoms with van der Waals surface area (Å²) in [5.41, 5.74) is 3.83. The fraction of sp³-hybridized carbons (Fsp3) is 0.267. The highest BCUT2D eigenvalue weighted by Gasteiger charge is 2.48. The van der Waals surface area contributed by atoms with Crippen molar-refractivity contribution in [2.24, 2.45) is 0 Å². The molecule has 8 nitrogen and oxygen atoms in total. The molecule has 8 heteroatoms. The molecule has 0 spiro atoms. The molecule has 0 radical (unpaired) electrons. The first-order valence-electron chi connectivity index (χ1n) is 12.7. The molecule has 3 aromatic carbocycles. The molecule has 2 aliphatic rings. The van der Waals surface area contributed by atoms with E-state index in [2.05, 4.69) is 16.0 Å². The van der Waals surface area contributed by atoms with Crippen molar-refractivity contribution < 1.29 is 19.2 Å². The number of carbonyl (C=O) groups is 4. The van der Waals surface area contributed by atoms with Crippen LogP contribution in [0.25, 0.3) is 0 Å². The van der Waals surface area contributed by atoms with Crippen LogP contribution in [0.2, 0.25) is 0 Å². The SMILES string of the molecule is CNC(C)C(=O)NC1C(=O)N2c3c(cccc3C1C)CC2C(=O)Nc1ccccc1C(=O)c1ccccc1. The number of carbonyl (C=O) groups excluding carboxylic acids is 4. The number of nitrogens with zero attached hydrogens (tertiary/aromatic N) is 1. The van der Waals surface area contributed by atoms with E-state index in [4.69, 9.17) is 0 Å². The van der Waals surface area contributed by atoms with E-state index in [1.54, 1.807) is 62.5 Å². The number of hydrogen-bond acceptors (Lipinski definition) is 5. The van der Waals surface area contributed by atoms with Crippen molar-refractivity contribution in [3.8, 4) is 0 Å². The van der Waals surface area contributed by atoms with Gasteiger partial charge in [-0.05, 0) is 37.2 Å². The zero-order chi connectivity index (χ0) is 27.0. The van der Waals surface area contributed by atoms with Gasteiger partial charge >= 0.3 is 0 Å². The summed E-state index contributed by atoms with van der Waals surface area (Å²) < 4.78 is 0. The van der Waals surface area contributed by atoms with E-state index in [1.807, 2.05) is 31.2 Å². The van der Waals surface area contributed by atoms with Gasteiger partial charge in [-0.1, -0.05) is 67.6 Å². The minimum absolute atomic E-state index is 0.206. The van der Waals surface area contributed by atoms with Crippen LogP contribution in [-0.2, 0) is 20.8 Å². The van der Waals surface area contributed by atoms with Crippen LogP contribution in [0.4, 0.5) is 11.4 Å². The Hall–Kier alpha value is -4.30.